The van der Waals surface area contributed by atoms with Gasteiger partial charge in [0, 0.05) is 0 Å². The molecule has 78 valence electrons. The standard InChI is InChI=1S/C10H16N2O2/c11-5-6-14-10(13)9(12)7-8-3-1-2-4-8/h8-9H,1-4,6-7,12H2. The molecule has 0 heterocycles. The second kappa shape index (κ2) is 5.61. The monoisotopic (exact) mass is 196 g/mol. The molecule has 1 fully saturated rings. The SMILES string of the molecule is N#CCOC(=O)C(N)CC1CCCC1. The Hall–Kier alpha value is -1.08. The van der Waals surface area contributed by atoms with Crippen molar-refractivity contribution in [3.05, 3.63) is 0 Å². The van der Waals surface area contributed by atoms with Crippen molar-refractivity contribution in [2.45, 2.75) is 38.1 Å². The van der Waals surface area contributed by atoms with Crippen LogP contribution in [0.5, 0.6) is 0 Å². The van der Waals surface area contributed by atoms with Crippen LogP contribution in [0.25, 0.3) is 0 Å². The molecule has 0 saturated heterocycles. The predicted molar refractivity (Wildman–Crippen MR) is 51.1 cm³/mol. The number of nitrogens with zero attached hydrogens (tertiary/aromatic N) is 1. The average Bonchev–Trinajstić information content (AvgIpc) is 2.66. The second-order valence-electron chi connectivity index (χ2n) is 3.76. The fourth-order valence-corrected chi connectivity index (χ4v) is 1.91. The summed E-state index contributed by atoms with van der Waals surface area (Å²) < 4.78 is 4.64. The van der Waals surface area contributed by atoms with E-state index in [1.165, 1.54) is 25.7 Å². The highest BCUT2D eigenvalue weighted by Crippen LogP contribution is 2.28. The first kappa shape index (κ1) is 11.0. The van der Waals surface area contributed by atoms with Crippen LogP contribution in [0.15, 0.2) is 0 Å². The van der Waals surface area contributed by atoms with Crippen molar-refractivity contribution in [2.75, 3.05) is 6.61 Å². The highest BCUT2D eigenvalue weighted by atomic mass is 16.5. The minimum absolute atomic E-state index is 0.197. The van der Waals surface area contributed by atoms with E-state index in [4.69, 9.17) is 11.0 Å². The lowest BCUT2D eigenvalue weighted by Gasteiger charge is -2.14. The molecule has 1 saturated carbocycles. The molecule has 0 radical (unpaired) electrons. The van der Waals surface area contributed by atoms with Gasteiger partial charge in [0.15, 0.2) is 6.61 Å². The normalized spacial score (nSPS) is 18.9. The molecule has 1 rings (SSSR count). The predicted octanol–water partition coefficient (Wildman–Crippen LogP) is 0.961. The first-order valence-electron chi connectivity index (χ1n) is 5.03. The maximum absolute atomic E-state index is 11.2. The van der Waals surface area contributed by atoms with Gasteiger partial charge in [0.1, 0.15) is 12.1 Å². The highest BCUT2D eigenvalue weighted by molar-refractivity contribution is 5.75. The first-order valence-corrected chi connectivity index (χ1v) is 5.03. The lowest BCUT2D eigenvalue weighted by Crippen LogP contribution is -2.34. The minimum atomic E-state index is -0.550. The van der Waals surface area contributed by atoms with E-state index in [1.807, 2.05) is 0 Å². The summed E-state index contributed by atoms with van der Waals surface area (Å²) in [5.41, 5.74) is 5.65. The van der Waals surface area contributed by atoms with Crippen LogP contribution in [0.3, 0.4) is 0 Å². The third-order valence-electron chi connectivity index (χ3n) is 2.64. The van der Waals surface area contributed by atoms with Crippen LogP contribution in [0.2, 0.25) is 0 Å². The summed E-state index contributed by atoms with van der Waals surface area (Å²) in [5.74, 6) is 0.123. The Morgan fingerprint density at radius 2 is 2.21 bits per heavy atom. The molecule has 4 nitrogen and oxygen atoms in total. The number of hydrogen-bond donors (Lipinski definition) is 1. The van der Waals surface area contributed by atoms with Gasteiger partial charge in [-0.3, -0.25) is 4.79 Å². The van der Waals surface area contributed by atoms with E-state index in [0.717, 1.165) is 0 Å². The van der Waals surface area contributed by atoms with Crippen LogP contribution < -0.4 is 5.73 Å². The van der Waals surface area contributed by atoms with Gasteiger partial charge in [-0.2, -0.15) is 5.26 Å². The summed E-state index contributed by atoms with van der Waals surface area (Å²) in [6.45, 7) is -0.197. The molecule has 0 aromatic carbocycles. The second-order valence-corrected chi connectivity index (χ2v) is 3.76. The third kappa shape index (κ3) is 3.35. The van der Waals surface area contributed by atoms with Crippen LogP contribution in [0.1, 0.15) is 32.1 Å². The van der Waals surface area contributed by atoms with E-state index >= 15 is 0 Å². The smallest absolute Gasteiger partial charge is 0.323 e. The molecule has 1 atom stereocenters. The summed E-state index contributed by atoms with van der Waals surface area (Å²) >= 11 is 0. The molecule has 0 aromatic heterocycles. The van der Waals surface area contributed by atoms with Gasteiger partial charge >= 0.3 is 5.97 Å². The van der Waals surface area contributed by atoms with Gasteiger partial charge in [-0.1, -0.05) is 25.7 Å². The number of rotatable bonds is 4. The quantitative estimate of drug-likeness (QED) is 0.679. The molecule has 0 spiro atoms. The van der Waals surface area contributed by atoms with Crippen molar-refractivity contribution in [1.82, 2.24) is 0 Å². The van der Waals surface area contributed by atoms with Crippen LogP contribution in [-0.4, -0.2) is 18.6 Å². The minimum Gasteiger partial charge on any atom is -0.449 e. The van der Waals surface area contributed by atoms with E-state index in [9.17, 15) is 4.79 Å². The lowest BCUT2D eigenvalue weighted by atomic mass is 9.99. The summed E-state index contributed by atoms with van der Waals surface area (Å²) in [6.07, 6.45) is 5.51. The van der Waals surface area contributed by atoms with Crippen molar-refractivity contribution in [1.29, 1.82) is 5.26 Å². The molecule has 2 N–H and O–H groups in total. The van der Waals surface area contributed by atoms with Gasteiger partial charge in [0.25, 0.3) is 0 Å². The van der Waals surface area contributed by atoms with Crippen molar-refractivity contribution < 1.29 is 9.53 Å². The Labute approximate surface area is 84.0 Å². The molecule has 0 aliphatic heterocycles. The molecule has 0 amide bonds. The van der Waals surface area contributed by atoms with Crippen molar-refractivity contribution >= 4 is 5.97 Å². The average molecular weight is 196 g/mol. The molecule has 14 heavy (non-hydrogen) atoms. The lowest BCUT2D eigenvalue weighted by molar-refractivity contribution is -0.144. The maximum atomic E-state index is 11.2. The molecular formula is C10H16N2O2. The zero-order valence-electron chi connectivity index (χ0n) is 8.24. The van der Waals surface area contributed by atoms with Gasteiger partial charge in [0.05, 0.1) is 0 Å². The topological polar surface area (TPSA) is 76.1 Å². The van der Waals surface area contributed by atoms with E-state index in [-0.39, 0.29) is 6.61 Å². The maximum Gasteiger partial charge on any atom is 0.323 e. The Kier molecular flexibility index (Phi) is 4.41. The number of hydrogen-bond acceptors (Lipinski definition) is 4. The Morgan fingerprint density at radius 1 is 1.57 bits per heavy atom. The van der Waals surface area contributed by atoms with Gasteiger partial charge in [-0.05, 0) is 12.3 Å². The van der Waals surface area contributed by atoms with E-state index in [1.54, 1.807) is 6.07 Å². The fourth-order valence-electron chi connectivity index (χ4n) is 1.91. The van der Waals surface area contributed by atoms with Crippen molar-refractivity contribution in [3.63, 3.8) is 0 Å². The zero-order valence-corrected chi connectivity index (χ0v) is 8.24. The van der Waals surface area contributed by atoms with Gasteiger partial charge in [-0.15, -0.1) is 0 Å². The highest BCUT2D eigenvalue weighted by Gasteiger charge is 2.22. The molecule has 1 aliphatic carbocycles. The summed E-state index contributed by atoms with van der Waals surface area (Å²) in [4.78, 5) is 11.2. The molecule has 0 bridgehead atoms. The zero-order chi connectivity index (χ0) is 10.4. The van der Waals surface area contributed by atoms with Crippen molar-refractivity contribution in [3.8, 4) is 6.07 Å². The molecule has 4 heteroatoms. The Bertz CT molecular complexity index is 229. The molecule has 1 aliphatic rings. The summed E-state index contributed by atoms with van der Waals surface area (Å²) in [5, 5.41) is 8.21. The van der Waals surface area contributed by atoms with Crippen LogP contribution >= 0.6 is 0 Å². The number of carbonyl (C=O) groups excluding carboxylic acids is 1. The summed E-state index contributed by atoms with van der Waals surface area (Å²) in [7, 11) is 0. The van der Waals surface area contributed by atoms with Gasteiger partial charge in [0.2, 0.25) is 0 Å². The first-order chi connectivity index (χ1) is 6.74. The molecular weight excluding hydrogens is 180 g/mol. The van der Waals surface area contributed by atoms with Crippen molar-refractivity contribution in [2.24, 2.45) is 11.7 Å². The van der Waals surface area contributed by atoms with Gasteiger partial charge < -0.3 is 10.5 Å². The fraction of sp³-hybridized carbons (Fsp3) is 0.800. The molecule has 1 unspecified atom stereocenters. The largest absolute Gasteiger partial charge is 0.449 e. The number of nitrogens with two attached hydrogens (primary N) is 1. The third-order valence-corrected chi connectivity index (χ3v) is 2.64. The van der Waals surface area contributed by atoms with E-state index < -0.39 is 12.0 Å². The summed E-state index contributed by atoms with van der Waals surface area (Å²) in [6, 6.07) is 1.20. The Balaban J connectivity index is 2.22. The number of ether oxygens (including phenoxy) is 1. The van der Waals surface area contributed by atoms with E-state index in [0.29, 0.717) is 12.3 Å². The van der Waals surface area contributed by atoms with E-state index in [2.05, 4.69) is 4.74 Å². The van der Waals surface area contributed by atoms with Gasteiger partial charge in [-0.25, -0.2) is 0 Å². The number of carbonyl (C=O) groups is 1. The molecule has 0 aromatic rings. The number of nitriles is 1. The van der Waals surface area contributed by atoms with Crippen LogP contribution in [0.4, 0.5) is 0 Å². The Morgan fingerprint density at radius 3 is 2.79 bits per heavy atom. The van der Waals surface area contributed by atoms with Crippen LogP contribution in [-0.2, 0) is 9.53 Å². The van der Waals surface area contributed by atoms with Crippen LogP contribution in [0, 0.1) is 17.2 Å². The number of esters is 1.